The monoisotopic (exact) mass is 294 g/mol. The summed E-state index contributed by atoms with van der Waals surface area (Å²) in [7, 11) is 0. The van der Waals surface area contributed by atoms with Crippen LogP contribution in [0.15, 0.2) is 24.3 Å². The smallest absolute Gasteiger partial charge is 0.493 e. The topological polar surface area (TPSA) is 18.5 Å². The third-order valence-electron chi connectivity index (χ3n) is 2.70. The van der Waals surface area contributed by atoms with Gasteiger partial charge in [0.05, 0.1) is 6.61 Å². The van der Waals surface area contributed by atoms with Crippen molar-refractivity contribution in [3.63, 3.8) is 0 Å². The van der Waals surface area contributed by atoms with Crippen molar-refractivity contribution in [1.29, 1.82) is 0 Å². The van der Waals surface area contributed by atoms with Crippen molar-refractivity contribution >= 4 is 12.6 Å². The Labute approximate surface area is 116 Å². The summed E-state index contributed by atoms with van der Waals surface area (Å²) in [5.41, 5.74) is 0. The molecule has 1 unspecified atom stereocenters. The fourth-order valence-electron chi connectivity index (χ4n) is 1.40. The first-order valence-electron chi connectivity index (χ1n) is 5.91. The second-order valence-electron chi connectivity index (χ2n) is 4.52. The molecule has 0 fully saturated rings. The van der Waals surface area contributed by atoms with Gasteiger partial charge in [-0.1, -0.05) is 13.8 Å². The van der Waals surface area contributed by atoms with Crippen molar-refractivity contribution in [1.82, 2.24) is 0 Å². The minimum Gasteiger partial charge on any atom is -0.493 e. The normalized spacial score (nSPS) is 13.4. The van der Waals surface area contributed by atoms with Gasteiger partial charge in [-0.15, -0.1) is 13.2 Å². The number of ether oxygens (including phenoxy) is 2. The van der Waals surface area contributed by atoms with Crippen LogP contribution in [0.4, 0.5) is 13.2 Å². The van der Waals surface area contributed by atoms with E-state index in [1.807, 2.05) is 0 Å². The third kappa shape index (κ3) is 6.09. The first kappa shape index (κ1) is 16.0. The molecule has 0 amide bonds. The number of alkyl halides is 3. The summed E-state index contributed by atoms with van der Waals surface area (Å²) in [6, 6.07) is 5.37. The third-order valence-corrected chi connectivity index (χ3v) is 3.17. The van der Waals surface area contributed by atoms with E-state index in [0.717, 1.165) is 0 Å². The van der Waals surface area contributed by atoms with Crippen LogP contribution in [0.1, 0.15) is 13.8 Å². The Morgan fingerprint density at radius 3 is 2.05 bits per heavy atom. The van der Waals surface area contributed by atoms with Crippen LogP contribution in [0.5, 0.6) is 11.5 Å². The molecule has 19 heavy (non-hydrogen) atoms. The van der Waals surface area contributed by atoms with Crippen LogP contribution in [0.2, 0.25) is 0 Å². The first-order chi connectivity index (χ1) is 8.81. The lowest BCUT2D eigenvalue weighted by atomic mass is 9.99. The fraction of sp³-hybridized carbons (Fsp3) is 0.538. The minimum absolute atomic E-state index is 0.255. The van der Waals surface area contributed by atoms with E-state index >= 15 is 0 Å². The van der Waals surface area contributed by atoms with Crippen molar-refractivity contribution in [2.75, 3.05) is 12.4 Å². The summed E-state index contributed by atoms with van der Waals surface area (Å²) in [4.78, 5) is 0. The zero-order valence-corrected chi connectivity index (χ0v) is 11.7. The molecule has 108 valence electrons. The minimum atomic E-state index is -4.67. The van der Waals surface area contributed by atoms with Gasteiger partial charge < -0.3 is 9.47 Å². The van der Waals surface area contributed by atoms with Gasteiger partial charge in [-0.05, 0) is 35.9 Å². The Balaban J connectivity index is 2.53. The zero-order chi connectivity index (χ0) is 14.5. The highest BCUT2D eigenvalue weighted by atomic mass is 32.1. The lowest BCUT2D eigenvalue weighted by molar-refractivity contribution is -0.274. The number of hydrogen-bond donors (Lipinski definition) is 1. The molecule has 0 spiro atoms. The SMILES string of the molecule is CC(C)C(CS)COc1ccc(OC(F)(F)F)cc1. The van der Waals surface area contributed by atoms with Crippen LogP contribution < -0.4 is 9.47 Å². The molecular weight excluding hydrogens is 277 g/mol. The Morgan fingerprint density at radius 2 is 1.63 bits per heavy atom. The lowest BCUT2D eigenvalue weighted by Crippen LogP contribution is -2.19. The summed E-state index contributed by atoms with van der Waals surface area (Å²) in [5.74, 6) is 1.70. The van der Waals surface area contributed by atoms with Crippen LogP contribution in [-0.4, -0.2) is 18.7 Å². The molecule has 0 saturated carbocycles. The second-order valence-corrected chi connectivity index (χ2v) is 4.88. The maximum absolute atomic E-state index is 12.0. The van der Waals surface area contributed by atoms with Gasteiger partial charge in [0.25, 0.3) is 0 Å². The highest BCUT2D eigenvalue weighted by Gasteiger charge is 2.30. The van der Waals surface area contributed by atoms with E-state index in [-0.39, 0.29) is 5.75 Å². The molecule has 0 heterocycles. The Morgan fingerprint density at radius 1 is 1.11 bits per heavy atom. The van der Waals surface area contributed by atoms with E-state index < -0.39 is 6.36 Å². The van der Waals surface area contributed by atoms with Gasteiger partial charge in [-0.3, -0.25) is 0 Å². The molecule has 0 aromatic heterocycles. The molecule has 0 saturated heterocycles. The van der Waals surface area contributed by atoms with Crippen LogP contribution in [0.25, 0.3) is 0 Å². The average molecular weight is 294 g/mol. The van der Waals surface area contributed by atoms with E-state index in [2.05, 4.69) is 31.2 Å². The predicted molar refractivity (Wildman–Crippen MR) is 70.8 cm³/mol. The summed E-state index contributed by atoms with van der Waals surface area (Å²) in [6.45, 7) is 4.63. The first-order valence-corrected chi connectivity index (χ1v) is 6.54. The van der Waals surface area contributed by atoms with Gasteiger partial charge in [-0.25, -0.2) is 0 Å². The Kier molecular flexibility index (Phi) is 5.85. The maximum Gasteiger partial charge on any atom is 0.573 e. The Bertz CT molecular complexity index is 376. The van der Waals surface area contributed by atoms with Crippen LogP contribution in [0.3, 0.4) is 0 Å². The van der Waals surface area contributed by atoms with Crippen molar-refractivity contribution in [2.45, 2.75) is 20.2 Å². The van der Waals surface area contributed by atoms with Gasteiger partial charge in [0, 0.05) is 5.92 Å². The van der Waals surface area contributed by atoms with E-state index in [0.29, 0.717) is 29.9 Å². The number of benzene rings is 1. The highest BCUT2D eigenvalue weighted by molar-refractivity contribution is 7.80. The number of hydrogen-bond acceptors (Lipinski definition) is 3. The van der Waals surface area contributed by atoms with Gasteiger partial charge in [0.15, 0.2) is 0 Å². The van der Waals surface area contributed by atoms with Crippen molar-refractivity contribution in [3.05, 3.63) is 24.3 Å². The molecule has 0 radical (unpaired) electrons. The van der Waals surface area contributed by atoms with E-state index in [1.165, 1.54) is 24.3 Å². The molecule has 0 aliphatic heterocycles. The van der Waals surface area contributed by atoms with Gasteiger partial charge >= 0.3 is 6.36 Å². The van der Waals surface area contributed by atoms with Gasteiger partial charge in [0.2, 0.25) is 0 Å². The van der Waals surface area contributed by atoms with Crippen molar-refractivity contribution in [2.24, 2.45) is 11.8 Å². The molecule has 0 N–H and O–H groups in total. The summed E-state index contributed by atoms with van der Waals surface area (Å²) >= 11 is 4.24. The number of thiol groups is 1. The van der Waals surface area contributed by atoms with Gasteiger partial charge in [-0.2, -0.15) is 12.6 Å². The molecule has 1 aromatic carbocycles. The molecule has 2 nitrogen and oxygen atoms in total. The van der Waals surface area contributed by atoms with E-state index in [9.17, 15) is 13.2 Å². The highest BCUT2D eigenvalue weighted by Crippen LogP contribution is 2.25. The summed E-state index contributed by atoms with van der Waals surface area (Å²) in [6.07, 6.45) is -4.67. The van der Waals surface area contributed by atoms with Crippen LogP contribution >= 0.6 is 12.6 Å². The maximum atomic E-state index is 12.0. The van der Waals surface area contributed by atoms with Crippen LogP contribution in [-0.2, 0) is 0 Å². The molecule has 0 bridgehead atoms. The average Bonchev–Trinajstić information content (AvgIpc) is 2.29. The Hall–Kier alpha value is -1.04. The molecule has 1 aromatic rings. The summed E-state index contributed by atoms with van der Waals surface area (Å²) in [5, 5.41) is 0. The molecule has 1 rings (SSSR count). The molecule has 6 heteroatoms. The lowest BCUT2D eigenvalue weighted by Gasteiger charge is -2.19. The molecular formula is C13H17F3O2S. The molecule has 0 aliphatic carbocycles. The second kappa shape index (κ2) is 6.93. The van der Waals surface area contributed by atoms with Crippen molar-refractivity contribution in [3.8, 4) is 11.5 Å². The van der Waals surface area contributed by atoms with Crippen molar-refractivity contribution < 1.29 is 22.6 Å². The molecule has 1 atom stereocenters. The number of rotatable bonds is 6. The molecule has 0 aliphatic rings. The summed E-state index contributed by atoms with van der Waals surface area (Å²) < 4.78 is 45.2. The standard InChI is InChI=1S/C13H17F3O2S/c1-9(2)10(8-19)7-17-11-3-5-12(6-4-11)18-13(14,15)16/h3-6,9-10,19H,7-8H2,1-2H3. The zero-order valence-electron chi connectivity index (χ0n) is 10.8. The van der Waals surface area contributed by atoms with Gasteiger partial charge in [0.1, 0.15) is 11.5 Å². The van der Waals surface area contributed by atoms with E-state index in [1.54, 1.807) is 0 Å². The number of halogens is 3. The van der Waals surface area contributed by atoms with Crippen LogP contribution in [0, 0.1) is 11.8 Å². The largest absolute Gasteiger partial charge is 0.573 e. The predicted octanol–water partition coefficient (Wildman–Crippen LogP) is 4.17. The quantitative estimate of drug-likeness (QED) is 0.794. The van der Waals surface area contributed by atoms with E-state index in [4.69, 9.17) is 4.74 Å². The fourth-order valence-corrected chi connectivity index (χ4v) is 1.92.